The Labute approximate surface area is 177 Å². The molecule has 0 aliphatic carbocycles. The molecule has 2 aromatic carbocycles. The zero-order chi connectivity index (χ0) is 21.0. The first-order chi connectivity index (χ1) is 13.7. The molecule has 1 N–H and O–H groups in total. The van der Waals surface area contributed by atoms with Crippen LogP contribution in [-0.2, 0) is 11.2 Å². The monoisotopic (exact) mass is 414 g/mol. The number of amides is 2. The Bertz CT molecular complexity index is 857. The topological polar surface area (TPSA) is 58.6 Å². The van der Waals surface area contributed by atoms with Gasteiger partial charge in [0.05, 0.1) is 0 Å². The maximum atomic E-state index is 12.3. The lowest BCUT2D eigenvalue weighted by Gasteiger charge is -2.24. The summed E-state index contributed by atoms with van der Waals surface area (Å²) in [5.41, 5.74) is 2.02. The number of anilines is 1. The van der Waals surface area contributed by atoms with E-state index in [0.717, 1.165) is 25.1 Å². The van der Waals surface area contributed by atoms with Crippen molar-refractivity contribution in [1.82, 2.24) is 4.90 Å². The Morgan fingerprint density at radius 1 is 1.10 bits per heavy atom. The quantitative estimate of drug-likeness (QED) is 0.729. The molecule has 5 nitrogen and oxygen atoms in total. The molecular weight excluding hydrogens is 388 g/mol. The van der Waals surface area contributed by atoms with Crippen LogP contribution in [0.15, 0.2) is 48.5 Å². The molecule has 29 heavy (non-hydrogen) atoms. The molecule has 1 fully saturated rings. The molecule has 0 bridgehead atoms. The molecule has 2 aromatic rings. The number of nitrogens with zero attached hydrogens (tertiary/aromatic N) is 1. The number of rotatable bonds is 4. The second-order valence-electron chi connectivity index (χ2n) is 8.44. The summed E-state index contributed by atoms with van der Waals surface area (Å²) >= 11 is 5.86. The van der Waals surface area contributed by atoms with Gasteiger partial charge in [-0.25, -0.2) is 4.79 Å². The van der Waals surface area contributed by atoms with Gasteiger partial charge in [-0.3, -0.25) is 4.79 Å². The molecule has 6 heteroatoms. The summed E-state index contributed by atoms with van der Waals surface area (Å²) in [6.07, 6.45) is 1.62. The summed E-state index contributed by atoms with van der Waals surface area (Å²) in [6.45, 7) is 7.09. The fraction of sp³-hybridized carbons (Fsp3) is 0.391. The molecule has 0 spiro atoms. The van der Waals surface area contributed by atoms with Gasteiger partial charge in [0.1, 0.15) is 5.60 Å². The number of carbonyl (C=O) groups excluding carboxylic acids is 2. The lowest BCUT2D eigenvalue weighted by molar-refractivity contribution is 0.0288. The van der Waals surface area contributed by atoms with Crippen molar-refractivity contribution in [2.45, 2.75) is 39.2 Å². The molecule has 2 amide bonds. The standard InChI is InChI=1S/C23H27ClN2O3/c1-23(2,3)29-22(28)26-13-12-17(15-26)14-16-4-10-20(11-5-16)25-21(27)18-6-8-19(24)9-7-18/h4-11,17H,12-15H2,1-3H3,(H,25,27). The molecule has 154 valence electrons. The summed E-state index contributed by atoms with van der Waals surface area (Å²) in [5, 5.41) is 3.49. The minimum atomic E-state index is -0.471. The van der Waals surface area contributed by atoms with Gasteiger partial charge >= 0.3 is 6.09 Å². The number of benzene rings is 2. The van der Waals surface area contributed by atoms with E-state index in [2.05, 4.69) is 5.32 Å². The van der Waals surface area contributed by atoms with Gasteiger partial charge < -0.3 is 15.0 Å². The summed E-state index contributed by atoms with van der Waals surface area (Å²) in [5.74, 6) is 0.246. The number of hydrogen-bond acceptors (Lipinski definition) is 3. The van der Waals surface area contributed by atoms with Gasteiger partial charge in [0.15, 0.2) is 0 Å². The predicted octanol–water partition coefficient (Wildman–Crippen LogP) is 5.39. The van der Waals surface area contributed by atoms with E-state index in [4.69, 9.17) is 16.3 Å². The minimum Gasteiger partial charge on any atom is -0.444 e. The highest BCUT2D eigenvalue weighted by Crippen LogP contribution is 2.24. The van der Waals surface area contributed by atoms with E-state index in [9.17, 15) is 9.59 Å². The van der Waals surface area contributed by atoms with Gasteiger partial charge in [-0.1, -0.05) is 23.7 Å². The van der Waals surface area contributed by atoms with Crippen molar-refractivity contribution in [2.24, 2.45) is 5.92 Å². The second-order valence-corrected chi connectivity index (χ2v) is 8.88. The van der Waals surface area contributed by atoms with Gasteiger partial charge in [-0.05, 0) is 81.5 Å². The van der Waals surface area contributed by atoms with Gasteiger partial charge in [0.2, 0.25) is 0 Å². The summed E-state index contributed by atoms with van der Waals surface area (Å²) in [7, 11) is 0. The van der Waals surface area contributed by atoms with Crippen LogP contribution in [0, 0.1) is 5.92 Å². The Hall–Kier alpha value is -2.53. The Kier molecular flexibility index (Phi) is 6.48. The van der Waals surface area contributed by atoms with Crippen LogP contribution in [0.25, 0.3) is 0 Å². The van der Waals surface area contributed by atoms with Crippen LogP contribution >= 0.6 is 11.6 Å². The SMILES string of the molecule is CC(C)(C)OC(=O)N1CCC(Cc2ccc(NC(=O)c3ccc(Cl)cc3)cc2)C1. The lowest BCUT2D eigenvalue weighted by Crippen LogP contribution is -2.35. The molecule has 3 rings (SSSR count). The van der Waals surface area contributed by atoms with Crippen LogP contribution in [-0.4, -0.2) is 35.6 Å². The fourth-order valence-corrected chi connectivity index (χ4v) is 3.48. The van der Waals surface area contributed by atoms with Gasteiger partial charge in [0.25, 0.3) is 5.91 Å². The first kappa shape index (κ1) is 21.2. The normalized spacial score (nSPS) is 16.6. The molecule has 1 heterocycles. The van der Waals surface area contributed by atoms with Crippen LogP contribution in [0.2, 0.25) is 5.02 Å². The van der Waals surface area contributed by atoms with E-state index in [-0.39, 0.29) is 12.0 Å². The zero-order valence-corrected chi connectivity index (χ0v) is 17.8. The van der Waals surface area contributed by atoms with Crippen molar-refractivity contribution in [2.75, 3.05) is 18.4 Å². The molecule has 1 aliphatic heterocycles. The number of halogens is 1. The molecule has 1 saturated heterocycles. The van der Waals surface area contributed by atoms with E-state index in [0.29, 0.717) is 23.0 Å². The largest absolute Gasteiger partial charge is 0.444 e. The first-order valence-electron chi connectivity index (χ1n) is 9.83. The van der Waals surface area contributed by atoms with Crippen LogP contribution in [0.1, 0.15) is 43.1 Å². The number of hydrogen-bond donors (Lipinski definition) is 1. The average Bonchev–Trinajstić information content (AvgIpc) is 3.11. The number of nitrogens with one attached hydrogen (secondary N) is 1. The van der Waals surface area contributed by atoms with Crippen molar-refractivity contribution in [3.05, 3.63) is 64.7 Å². The van der Waals surface area contributed by atoms with E-state index >= 15 is 0 Å². The van der Waals surface area contributed by atoms with Gasteiger partial charge in [-0.15, -0.1) is 0 Å². The third-order valence-electron chi connectivity index (χ3n) is 4.78. The molecule has 0 aromatic heterocycles. The molecule has 1 unspecified atom stereocenters. The van der Waals surface area contributed by atoms with E-state index in [1.54, 1.807) is 29.2 Å². The molecule has 1 aliphatic rings. The smallest absolute Gasteiger partial charge is 0.410 e. The van der Waals surface area contributed by atoms with Crippen LogP contribution in [0.4, 0.5) is 10.5 Å². The highest BCUT2D eigenvalue weighted by Gasteiger charge is 2.29. The van der Waals surface area contributed by atoms with Crippen molar-refractivity contribution >= 4 is 29.3 Å². The van der Waals surface area contributed by atoms with Gasteiger partial charge in [-0.2, -0.15) is 0 Å². The van der Waals surface area contributed by atoms with Crippen LogP contribution in [0.5, 0.6) is 0 Å². The molecule has 1 atom stereocenters. The predicted molar refractivity (Wildman–Crippen MR) is 115 cm³/mol. The van der Waals surface area contributed by atoms with E-state index in [1.807, 2.05) is 45.0 Å². The van der Waals surface area contributed by atoms with Crippen molar-refractivity contribution in [3.63, 3.8) is 0 Å². The molecule has 0 saturated carbocycles. The summed E-state index contributed by atoms with van der Waals surface area (Å²) < 4.78 is 5.46. The highest BCUT2D eigenvalue weighted by molar-refractivity contribution is 6.30. The third-order valence-corrected chi connectivity index (χ3v) is 5.03. The van der Waals surface area contributed by atoms with Crippen LogP contribution < -0.4 is 5.32 Å². The maximum absolute atomic E-state index is 12.3. The van der Waals surface area contributed by atoms with Crippen molar-refractivity contribution in [1.29, 1.82) is 0 Å². The van der Waals surface area contributed by atoms with Crippen molar-refractivity contribution in [3.8, 4) is 0 Å². The van der Waals surface area contributed by atoms with Crippen molar-refractivity contribution < 1.29 is 14.3 Å². The third kappa shape index (κ3) is 6.23. The van der Waals surface area contributed by atoms with Crippen LogP contribution in [0.3, 0.4) is 0 Å². The Morgan fingerprint density at radius 2 is 1.76 bits per heavy atom. The number of ether oxygens (including phenoxy) is 1. The van der Waals surface area contributed by atoms with E-state index < -0.39 is 5.60 Å². The maximum Gasteiger partial charge on any atom is 0.410 e. The summed E-state index contributed by atoms with van der Waals surface area (Å²) in [6, 6.07) is 14.6. The molecule has 0 radical (unpaired) electrons. The number of likely N-dealkylation sites (tertiary alicyclic amines) is 1. The summed E-state index contributed by atoms with van der Waals surface area (Å²) in [4.78, 5) is 26.3. The fourth-order valence-electron chi connectivity index (χ4n) is 3.35. The molecular formula is C23H27ClN2O3. The second kappa shape index (κ2) is 8.87. The average molecular weight is 415 g/mol. The van der Waals surface area contributed by atoms with Gasteiger partial charge in [0, 0.05) is 29.4 Å². The first-order valence-corrected chi connectivity index (χ1v) is 10.2. The Morgan fingerprint density at radius 3 is 2.38 bits per heavy atom. The lowest BCUT2D eigenvalue weighted by atomic mass is 9.98. The Balaban J connectivity index is 1.51. The van der Waals surface area contributed by atoms with E-state index in [1.165, 1.54) is 5.56 Å². The highest BCUT2D eigenvalue weighted by atomic mass is 35.5. The number of carbonyl (C=O) groups is 2. The minimum absolute atomic E-state index is 0.168. The zero-order valence-electron chi connectivity index (χ0n) is 17.1.